The van der Waals surface area contributed by atoms with Crippen molar-refractivity contribution in [2.45, 2.75) is 108 Å². The van der Waals surface area contributed by atoms with Crippen LogP contribution in [0.25, 0.3) is 11.1 Å². The van der Waals surface area contributed by atoms with Crippen LogP contribution in [0.4, 0.5) is 0 Å². The van der Waals surface area contributed by atoms with Crippen LogP contribution in [0, 0.1) is 76.2 Å². The van der Waals surface area contributed by atoms with E-state index in [-0.39, 0.29) is 0 Å². The molecule has 46 heavy (non-hydrogen) atoms. The summed E-state index contributed by atoms with van der Waals surface area (Å²) in [6.45, 7) is 24.9. The lowest BCUT2D eigenvalue weighted by molar-refractivity contribution is 0.909. The molecule has 0 aliphatic heterocycles. The third-order valence-electron chi connectivity index (χ3n) is 10.9. The molecule has 0 amide bonds. The second-order valence-corrected chi connectivity index (χ2v) is 14.3. The Balaban J connectivity index is 1.26. The molecule has 5 aromatic carbocycles. The fourth-order valence-electron chi connectivity index (χ4n) is 7.70. The van der Waals surface area contributed by atoms with E-state index in [0.717, 1.165) is 32.1 Å². The number of hydrogen-bond donors (Lipinski definition) is 0. The Hall–Kier alpha value is -3.90. The SMILES string of the molecule is Cc1ccc(-c2ccc(CCc3c(C)cc(Cc4cc(C)c(CCc5c(C)cc(C)c(C)c5C)c(C)c4)cc3C)c(C)c2)cc1C. The van der Waals surface area contributed by atoms with E-state index in [1.165, 1.54) is 106 Å². The molecule has 5 rings (SSSR count). The molecule has 0 aliphatic rings. The summed E-state index contributed by atoms with van der Waals surface area (Å²) in [5.41, 5.74) is 27.0. The van der Waals surface area contributed by atoms with Crippen LogP contribution in [0.3, 0.4) is 0 Å². The van der Waals surface area contributed by atoms with Crippen molar-refractivity contribution < 1.29 is 0 Å². The highest BCUT2D eigenvalue weighted by atomic mass is 14.2. The van der Waals surface area contributed by atoms with Crippen LogP contribution in [0.1, 0.15) is 94.6 Å². The van der Waals surface area contributed by atoms with Gasteiger partial charge >= 0.3 is 0 Å². The third kappa shape index (κ3) is 7.23. The van der Waals surface area contributed by atoms with Crippen LogP contribution >= 0.6 is 0 Å². The average molecular weight is 607 g/mol. The van der Waals surface area contributed by atoms with Gasteiger partial charge in [0, 0.05) is 0 Å². The van der Waals surface area contributed by atoms with E-state index >= 15 is 0 Å². The number of hydrogen-bond acceptors (Lipinski definition) is 0. The fraction of sp³-hybridized carbons (Fsp3) is 0.348. The molecule has 0 radical (unpaired) electrons. The zero-order valence-corrected chi connectivity index (χ0v) is 30.4. The van der Waals surface area contributed by atoms with Crippen molar-refractivity contribution in [3.05, 3.63) is 161 Å². The van der Waals surface area contributed by atoms with Crippen molar-refractivity contribution in [2.24, 2.45) is 0 Å². The molecular formula is C46H54. The average Bonchev–Trinajstić information content (AvgIpc) is 2.98. The zero-order chi connectivity index (χ0) is 33.3. The maximum Gasteiger partial charge on any atom is -0.00254 e. The number of rotatable bonds is 9. The van der Waals surface area contributed by atoms with Crippen LogP contribution in [-0.4, -0.2) is 0 Å². The molecule has 0 spiro atoms. The van der Waals surface area contributed by atoms with Crippen LogP contribution < -0.4 is 0 Å². The van der Waals surface area contributed by atoms with Gasteiger partial charge in [0.2, 0.25) is 0 Å². The number of benzene rings is 5. The summed E-state index contributed by atoms with van der Waals surface area (Å²) in [5, 5.41) is 0. The van der Waals surface area contributed by atoms with E-state index in [4.69, 9.17) is 0 Å². The Morgan fingerprint density at radius 3 is 1.30 bits per heavy atom. The van der Waals surface area contributed by atoms with Crippen molar-refractivity contribution in [1.82, 2.24) is 0 Å². The molecule has 0 heterocycles. The minimum Gasteiger partial charge on any atom is -0.0584 e. The molecule has 0 heteroatoms. The molecule has 0 N–H and O–H groups in total. The molecule has 0 bridgehead atoms. The predicted molar refractivity (Wildman–Crippen MR) is 201 cm³/mol. The minimum absolute atomic E-state index is 0.984. The Labute approximate surface area is 279 Å². The van der Waals surface area contributed by atoms with Gasteiger partial charge in [-0.15, -0.1) is 0 Å². The molecular weight excluding hydrogens is 553 g/mol. The van der Waals surface area contributed by atoms with Gasteiger partial charge < -0.3 is 0 Å². The predicted octanol–water partition coefficient (Wildman–Crippen LogP) is 11.9. The van der Waals surface area contributed by atoms with Crippen LogP contribution in [-0.2, 0) is 32.1 Å². The second kappa shape index (κ2) is 13.8. The van der Waals surface area contributed by atoms with Gasteiger partial charge in [-0.05, 0) is 214 Å². The Morgan fingerprint density at radius 2 is 0.783 bits per heavy atom. The van der Waals surface area contributed by atoms with Crippen molar-refractivity contribution >= 4 is 0 Å². The van der Waals surface area contributed by atoms with Gasteiger partial charge in [-0.2, -0.15) is 0 Å². The quantitative estimate of drug-likeness (QED) is 0.157. The Morgan fingerprint density at radius 1 is 0.326 bits per heavy atom. The lowest BCUT2D eigenvalue weighted by Gasteiger charge is -2.18. The van der Waals surface area contributed by atoms with Crippen molar-refractivity contribution in [1.29, 1.82) is 0 Å². The normalized spacial score (nSPS) is 11.4. The van der Waals surface area contributed by atoms with Crippen LogP contribution in [0.15, 0.2) is 66.7 Å². The molecule has 0 saturated heterocycles. The first-order valence-corrected chi connectivity index (χ1v) is 17.2. The Kier molecular flexibility index (Phi) is 10.1. The summed E-state index contributed by atoms with van der Waals surface area (Å²) >= 11 is 0. The van der Waals surface area contributed by atoms with Crippen LogP contribution in [0.2, 0.25) is 0 Å². The molecule has 0 nitrogen and oxygen atoms in total. The molecule has 0 aromatic heterocycles. The van der Waals surface area contributed by atoms with E-state index in [9.17, 15) is 0 Å². The topological polar surface area (TPSA) is 0 Å². The monoisotopic (exact) mass is 606 g/mol. The van der Waals surface area contributed by atoms with Gasteiger partial charge in [0.25, 0.3) is 0 Å². The lowest BCUT2D eigenvalue weighted by Crippen LogP contribution is -2.04. The molecule has 0 atom stereocenters. The summed E-state index contributed by atoms with van der Waals surface area (Å²) in [6, 6.07) is 25.9. The van der Waals surface area contributed by atoms with E-state index in [0.29, 0.717) is 0 Å². The van der Waals surface area contributed by atoms with Crippen molar-refractivity contribution in [3.63, 3.8) is 0 Å². The van der Waals surface area contributed by atoms with Gasteiger partial charge in [0.15, 0.2) is 0 Å². The van der Waals surface area contributed by atoms with Crippen molar-refractivity contribution in [2.75, 3.05) is 0 Å². The van der Waals surface area contributed by atoms with E-state index in [2.05, 4.69) is 143 Å². The fourth-order valence-corrected chi connectivity index (χ4v) is 7.70. The van der Waals surface area contributed by atoms with Crippen LogP contribution in [0.5, 0.6) is 0 Å². The van der Waals surface area contributed by atoms with Gasteiger partial charge in [-0.1, -0.05) is 66.7 Å². The largest absolute Gasteiger partial charge is 0.0584 e. The highest BCUT2D eigenvalue weighted by Crippen LogP contribution is 2.29. The molecule has 0 fully saturated rings. The molecule has 0 unspecified atom stereocenters. The lowest BCUT2D eigenvalue weighted by atomic mass is 9.87. The standard InChI is InChI=1S/C46H54/c1-28-12-13-42(25-29(28)2)43-15-14-41(31(4)26-43)16-17-44-33(6)21-39(22-34(44)7)27-40-23-35(8)45(36(9)24-40)18-19-46-32(5)20-30(3)37(10)38(46)11/h12-15,20-26H,16-19,27H2,1-11H3. The zero-order valence-electron chi connectivity index (χ0n) is 30.4. The highest BCUT2D eigenvalue weighted by molar-refractivity contribution is 5.66. The van der Waals surface area contributed by atoms with E-state index in [1.807, 2.05) is 0 Å². The first-order valence-electron chi connectivity index (χ1n) is 17.2. The summed E-state index contributed by atoms with van der Waals surface area (Å²) in [5.74, 6) is 0. The maximum atomic E-state index is 2.44. The molecule has 0 aliphatic carbocycles. The minimum atomic E-state index is 0.984. The second-order valence-electron chi connectivity index (χ2n) is 14.3. The Bertz CT molecular complexity index is 1870. The first-order chi connectivity index (χ1) is 21.8. The molecule has 0 saturated carbocycles. The maximum absolute atomic E-state index is 2.44. The van der Waals surface area contributed by atoms with E-state index < -0.39 is 0 Å². The van der Waals surface area contributed by atoms with Crippen molar-refractivity contribution in [3.8, 4) is 11.1 Å². The van der Waals surface area contributed by atoms with Gasteiger partial charge in [0.1, 0.15) is 0 Å². The summed E-state index contributed by atoms with van der Waals surface area (Å²) in [4.78, 5) is 0. The smallest absolute Gasteiger partial charge is 0.00254 e. The van der Waals surface area contributed by atoms with E-state index in [1.54, 1.807) is 0 Å². The summed E-state index contributed by atoms with van der Waals surface area (Å²) in [7, 11) is 0. The summed E-state index contributed by atoms with van der Waals surface area (Å²) in [6.07, 6.45) is 5.34. The summed E-state index contributed by atoms with van der Waals surface area (Å²) < 4.78 is 0. The third-order valence-corrected chi connectivity index (χ3v) is 10.9. The van der Waals surface area contributed by atoms with Gasteiger partial charge in [-0.3, -0.25) is 0 Å². The highest BCUT2D eigenvalue weighted by Gasteiger charge is 2.13. The van der Waals surface area contributed by atoms with Gasteiger partial charge in [0.05, 0.1) is 0 Å². The molecule has 238 valence electrons. The molecule has 5 aromatic rings. The van der Waals surface area contributed by atoms with Gasteiger partial charge in [-0.25, -0.2) is 0 Å². The number of aryl methyl sites for hydroxylation is 10. The first kappa shape index (κ1) is 33.5.